The zero-order valence-corrected chi connectivity index (χ0v) is 14.1. The second-order valence-corrected chi connectivity index (χ2v) is 7.06. The largest absolute Gasteiger partial charge is 0.324 e. The summed E-state index contributed by atoms with van der Waals surface area (Å²) in [5.74, 6) is -0.210. The summed E-state index contributed by atoms with van der Waals surface area (Å²) in [6.45, 7) is 5.80. The van der Waals surface area contributed by atoms with E-state index >= 15 is 0 Å². The van der Waals surface area contributed by atoms with Crippen molar-refractivity contribution in [1.82, 2.24) is 0 Å². The van der Waals surface area contributed by atoms with E-state index in [2.05, 4.69) is 10.6 Å². The number of hydrogen-bond donors (Lipinski definition) is 2. The number of anilines is 2. The summed E-state index contributed by atoms with van der Waals surface area (Å²) in [5.41, 5.74) is 4.11. The molecule has 23 heavy (non-hydrogen) atoms. The van der Waals surface area contributed by atoms with Crippen molar-refractivity contribution in [2.24, 2.45) is 0 Å². The summed E-state index contributed by atoms with van der Waals surface area (Å²) in [6.07, 6.45) is 0. The van der Waals surface area contributed by atoms with Gasteiger partial charge in [-0.25, -0.2) is 0 Å². The van der Waals surface area contributed by atoms with Crippen LogP contribution in [0.15, 0.2) is 41.3 Å². The lowest BCUT2D eigenvalue weighted by atomic mass is 10.1. The average molecular weight is 326 g/mol. The van der Waals surface area contributed by atoms with Crippen LogP contribution in [-0.2, 0) is 4.79 Å². The van der Waals surface area contributed by atoms with Gasteiger partial charge in [0.15, 0.2) is 0 Å². The van der Waals surface area contributed by atoms with Gasteiger partial charge in [-0.1, -0.05) is 18.2 Å². The SMILES string of the molecule is Cc1cccc(C)c1NC(=O)c1ccc2c(c1)NC(=O)[C@H](C)S2. The van der Waals surface area contributed by atoms with Gasteiger partial charge >= 0.3 is 0 Å². The summed E-state index contributed by atoms with van der Waals surface area (Å²) in [5, 5.41) is 5.70. The molecule has 2 aromatic carbocycles. The molecule has 1 aliphatic rings. The fourth-order valence-corrected chi connectivity index (χ4v) is 3.48. The van der Waals surface area contributed by atoms with Crippen LogP contribution in [0.5, 0.6) is 0 Å². The Balaban J connectivity index is 1.87. The average Bonchev–Trinajstić information content (AvgIpc) is 2.51. The Hall–Kier alpha value is -2.27. The highest BCUT2D eigenvalue weighted by molar-refractivity contribution is 8.00. The fourth-order valence-electron chi connectivity index (χ4n) is 2.55. The highest BCUT2D eigenvalue weighted by atomic mass is 32.2. The number of fused-ring (bicyclic) bond motifs is 1. The number of amides is 2. The maximum Gasteiger partial charge on any atom is 0.255 e. The standard InChI is InChI=1S/C18H18N2O2S/c1-10-5-4-6-11(2)16(10)20-18(22)13-7-8-15-14(9-13)19-17(21)12(3)23-15/h4-9,12H,1-3H3,(H,19,21)(H,20,22)/t12-/m0/s1. The van der Waals surface area contributed by atoms with Crippen LogP contribution >= 0.6 is 11.8 Å². The number of nitrogens with one attached hydrogen (secondary N) is 2. The van der Waals surface area contributed by atoms with Crippen molar-refractivity contribution in [2.45, 2.75) is 30.9 Å². The predicted octanol–water partition coefficient (Wildman–Crippen LogP) is 3.99. The topological polar surface area (TPSA) is 58.2 Å². The number of benzene rings is 2. The van der Waals surface area contributed by atoms with Crippen LogP contribution < -0.4 is 10.6 Å². The number of carbonyl (C=O) groups excluding carboxylic acids is 2. The normalized spacial score (nSPS) is 16.5. The number of para-hydroxylation sites is 1. The van der Waals surface area contributed by atoms with Crippen molar-refractivity contribution < 1.29 is 9.59 Å². The highest BCUT2D eigenvalue weighted by Gasteiger charge is 2.23. The van der Waals surface area contributed by atoms with Crippen molar-refractivity contribution in [1.29, 1.82) is 0 Å². The van der Waals surface area contributed by atoms with Crippen LogP contribution in [0.2, 0.25) is 0 Å². The molecule has 0 fully saturated rings. The summed E-state index contributed by atoms with van der Waals surface area (Å²) >= 11 is 1.51. The first-order chi connectivity index (χ1) is 11.0. The molecule has 3 rings (SSSR count). The van der Waals surface area contributed by atoms with Gasteiger partial charge in [-0.15, -0.1) is 11.8 Å². The zero-order valence-electron chi connectivity index (χ0n) is 13.3. The van der Waals surface area contributed by atoms with Gasteiger partial charge in [-0.3, -0.25) is 9.59 Å². The quantitative estimate of drug-likeness (QED) is 0.877. The van der Waals surface area contributed by atoms with Gasteiger partial charge in [-0.05, 0) is 50.1 Å². The number of thioether (sulfide) groups is 1. The minimum Gasteiger partial charge on any atom is -0.324 e. The molecular weight excluding hydrogens is 308 g/mol. The Morgan fingerprint density at radius 3 is 2.57 bits per heavy atom. The summed E-state index contributed by atoms with van der Waals surface area (Å²) in [7, 11) is 0. The minimum atomic E-state index is -0.178. The van der Waals surface area contributed by atoms with Crippen LogP contribution in [0, 0.1) is 13.8 Å². The number of hydrogen-bond acceptors (Lipinski definition) is 3. The first kappa shape index (κ1) is 15.6. The third-order valence-electron chi connectivity index (χ3n) is 3.89. The summed E-state index contributed by atoms with van der Waals surface area (Å²) < 4.78 is 0. The van der Waals surface area contributed by atoms with Crippen LogP contribution in [-0.4, -0.2) is 17.1 Å². The van der Waals surface area contributed by atoms with Crippen LogP contribution in [0.4, 0.5) is 11.4 Å². The van der Waals surface area contributed by atoms with Crippen molar-refractivity contribution in [2.75, 3.05) is 10.6 Å². The maximum atomic E-state index is 12.5. The summed E-state index contributed by atoms with van der Waals surface area (Å²) in [6, 6.07) is 11.3. The molecule has 4 nitrogen and oxygen atoms in total. The lowest BCUT2D eigenvalue weighted by Gasteiger charge is -2.21. The first-order valence-electron chi connectivity index (χ1n) is 7.45. The molecule has 0 aliphatic carbocycles. The Morgan fingerprint density at radius 2 is 1.87 bits per heavy atom. The van der Waals surface area contributed by atoms with Gasteiger partial charge < -0.3 is 10.6 Å². The van der Waals surface area contributed by atoms with E-state index in [0.29, 0.717) is 11.3 Å². The Labute approximate surface area is 139 Å². The monoisotopic (exact) mass is 326 g/mol. The molecule has 118 valence electrons. The molecule has 0 saturated heterocycles. The van der Waals surface area contributed by atoms with E-state index in [1.807, 2.05) is 45.0 Å². The van der Waals surface area contributed by atoms with Crippen molar-refractivity contribution in [3.05, 3.63) is 53.1 Å². The predicted molar refractivity (Wildman–Crippen MR) is 94.3 cm³/mol. The lowest BCUT2D eigenvalue weighted by molar-refractivity contribution is -0.115. The number of rotatable bonds is 2. The molecule has 1 atom stereocenters. The Kier molecular flexibility index (Phi) is 4.13. The zero-order chi connectivity index (χ0) is 16.6. The van der Waals surface area contributed by atoms with Crippen LogP contribution in [0.3, 0.4) is 0 Å². The van der Waals surface area contributed by atoms with E-state index in [1.165, 1.54) is 11.8 Å². The maximum absolute atomic E-state index is 12.5. The van der Waals surface area contributed by atoms with Gasteiger partial charge in [0.2, 0.25) is 5.91 Å². The van der Waals surface area contributed by atoms with E-state index in [4.69, 9.17) is 0 Å². The molecule has 0 radical (unpaired) electrons. The molecule has 2 aromatic rings. The van der Waals surface area contributed by atoms with Crippen molar-refractivity contribution >= 4 is 35.0 Å². The Morgan fingerprint density at radius 1 is 1.17 bits per heavy atom. The summed E-state index contributed by atoms with van der Waals surface area (Å²) in [4.78, 5) is 25.3. The van der Waals surface area contributed by atoms with Gasteiger partial charge in [0.1, 0.15) is 0 Å². The molecule has 0 unspecified atom stereocenters. The van der Waals surface area contributed by atoms with Gasteiger partial charge in [-0.2, -0.15) is 0 Å². The molecule has 0 aromatic heterocycles. The highest BCUT2D eigenvalue weighted by Crippen LogP contribution is 2.36. The van der Waals surface area contributed by atoms with E-state index in [0.717, 1.165) is 21.7 Å². The molecule has 1 heterocycles. The van der Waals surface area contributed by atoms with Gasteiger partial charge in [0.25, 0.3) is 5.91 Å². The van der Waals surface area contributed by atoms with E-state index in [9.17, 15) is 9.59 Å². The molecule has 0 bridgehead atoms. The van der Waals surface area contributed by atoms with Crippen LogP contribution in [0.1, 0.15) is 28.4 Å². The van der Waals surface area contributed by atoms with E-state index in [-0.39, 0.29) is 17.1 Å². The van der Waals surface area contributed by atoms with Gasteiger partial charge in [0.05, 0.1) is 10.9 Å². The smallest absolute Gasteiger partial charge is 0.255 e. The second-order valence-electron chi connectivity index (χ2n) is 5.68. The number of aryl methyl sites for hydroxylation is 2. The molecule has 2 amide bonds. The van der Waals surface area contributed by atoms with Crippen molar-refractivity contribution in [3.8, 4) is 0 Å². The third kappa shape index (κ3) is 3.10. The second kappa shape index (κ2) is 6.08. The number of carbonyl (C=O) groups is 2. The molecule has 0 spiro atoms. The Bertz CT molecular complexity index is 781. The van der Waals surface area contributed by atoms with E-state index in [1.54, 1.807) is 12.1 Å². The molecule has 0 saturated carbocycles. The fraction of sp³-hybridized carbons (Fsp3) is 0.222. The first-order valence-corrected chi connectivity index (χ1v) is 8.33. The van der Waals surface area contributed by atoms with Gasteiger partial charge in [0, 0.05) is 16.1 Å². The molecule has 1 aliphatic heterocycles. The van der Waals surface area contributed by atoms with Crippen LogP contribution in [0.25, 0.3) is 0 Å². The third-order valence-corrected chi connectivity index (χ3v) is 5.07. The molecule has 5 heteroatoms. The molecule has 2 N–H and O–H groups in total. The minimum absolute atomic E-state index is 0.0326. The molecular formula is C18H18N2O2S. The lowest BCUT2D eigenvalue weighted by Crippen LogP contribution is -2.26. The van der Waals surface area contributed by atoms with E-state index < -0.39 is 0 Å². The van der Waals surface area contributed by atoms with Crippen molar-refractivity contribution in [3.63, 3.8) is 0 Å².